The van der Waals surface area contributed by atoms with Crippen LogP contribution in [0, 0.1) is 12.8 Å². The monoisotopic (exact) mass is 369 g/mol. The minimum absolute atomic E-state index is 0.0650. The largest absolute Gasteiger partial charge is 0.480 e. The van der Waals surface area contributed by atoms with Crippen LogP contribution in [0.15, 0.2) is 12.3 Å². The molecule has 1 unspecified atom stereocenters. The highest BCUT2D eigenvalue weighted by Crippen LogP contribution is 2.37. The maximum atomic E-state index is 13.0. The van der Waals surface area contributed by atoms with Crippen LogP contribution in [-0.2, 0) is 0 Å². The lowest BCUT2D eigenvalue weighted by Crippen LogP contribution is -2.28. The molecule has 1 saturated heterocycles. The number of ether oxygens (including phenoxy) is 2. The van der Waals surface area contributed by atoms with Gasteiger partial charge in [0.15, 0.2) is 0 Å². The van der Waals surface area contributed by atoms with Gasteiger partial charge in [-0.3, -0.25) is 0 Å². The molecular formula is C16H18F3N5O2. The number of aryl methyl sites for hydroxylation is 1. The summed E-state index contributed by atoms with van der Waals surface area (Å²) in [5, 5.41) is 8.20. The van der Waals surface area contributed by atoms with E-state index in [2.05, 4.69) is 20.2 Å². The normalized spacial score (nSPS) is 17.5. The average molecular weight is 369 g/mol. The third-order valence-corrected chi connectivity index (χ3v) is 4.33. The molecule has 0 N–H and O–H groups in total. The first kappa shape index (κ1) is 18.2. The van der Waals surface area contributed by atoms with Crippen molar-refractivity contribution in [3.63, 3.8) is 0 Å². The zero-order valence-electron chi connectivity index (χ0n) is 14.5. The molecule has 26 heavy (non-hydrogen) atoms. The highest BCUT2D eigenvalue weighted by molar-refractivity contribution is 5.68. The van der Waals surface area contributed by atoms with Gasteiger partial charge in [-0.05, 0) is 19.4 Å². The van der Waals surface area contributed by atoms with Gasteiger partial charge in [-0.15, -0.1) is 5.10 Å². The Morgan fingerprint density at radius 3 is 2.58 bits per heavy atom. The lowest BCUT2D eigenvalue weighted by molar-refractivity contribution is -0.168. The van der Waals surface area contributed by atoms with E-state index in [1.165, 1.54) is 20.4 Å². The molecule has 0 amide bonds. The summed E-state index contributed by atoms with van der Waals surface area (Å²) in [4.78, 5) is 9.81. The summed E-state index contributed by atoms with van der Waals surface area (Å²) in [6.07, 6.45) is -2.65. The SMILES string of the molecule is COc1ncc(-c2cc(N3CCC(C(F)(F)F)C3)c(C)nn2)c(OC)n1. The van der Waals surface area contributed by atoms with Crippen molar-refractivity contribution in [1.29, 1.82) is 0 Å². The predicted octanol–water partition coefficient (Wildman–Crippen LogP) is 2.65. The van der Waals surface area contributed by atoms with Crippen molar-refractivity contribution < 1.29 is 22.6 Å². The van der Waals surface area contributed by atoms with E-state index in [-0.39, 0.29) is 24.9 Å². The Labute approximate surface area is 148 Å². The van der Waals surface area contributed by atoms with Gasteiger partial charge in [0.2, 0.25) is 5.88 Å². The van der Waals surface area contributed by atoms with Crippen LogP contribution in [0.3, 0.4) is 0 Å². The molecule has 0 radical (unpaired) electrons. The number of alkyl halides is 3. The Hall–Kier alpha value is -2.65. The first-order valence-electron chi connectivity index (χ1n) is 7.95. The van der Waals surface area contributed by atoms with E-state index < -0.39 is 12.1 Å². The Bertz CT molecular complexity index is 800. The van der Waals surface area contributed by atoms with Crippen molar-refractivity contribution in [1.82, 2.24) is 20.2 Å². The van der Waals surface area contributed by atoms with E-state index in [4.69, 9.17) is 9.47 Å². The van der Waals surface area contributed by atoms with Gasteiger partial charge in [-0.1, -0.05) is 0 Å². The van der Waals surface area contributed by atoms with Gasteiger partial charge >= 0.3 is 12.2 Å². The Kier molecular flexibility index (Phi) is 4.84. The Balaban J connectivity index is 1.94. The number of anilines is 1. The summed E-state index contributed by atoms with van der Waals surface area (Å²) in [6, 6.07) is 1.83. The van der Waals surface area contributed by atoms with E-state index in [1.54, 1.807) is 17.9 Å². The summed E-state index contributed by atoms with van der Waals surface area (Å²) in [5.41, 5.74) is 2.07. The van der Waals surface area contributed by atoms with Crippen molar-refractivity contribution >= 4 is 5.69 Å². The van der Waals surface area contributed by atoms with Crippen LogP contribution in [0.2, 0.25) is 0 Å². The molecule has 3 rings (SSSR count). The van der Waals surface area contributed by atoms with E-state index in [0.29, 0.717) is 29.2 Å². The fourth-order valence-corrected chi connectivity index (χ4v) is 2.92. The van der Waals surface area contributed by atoms with Crippen LogP contribution in [0.4, 0.5) is 18.9 Å². The van der Waals surface area contributed by atoms with Crippen LogP contribution in [0.5, 0.6) is 11.9 Å². The topological polar surface area (TPSA) is 73.3 Å². The van der Waals surface area contributed by atoms with Gasteiger partial charge in [0.25, 0.3) is 0 Å². The number of rotatable bonds is 4. The molecule has 0 bridgehead atoms. The fraction of sp³-hybridized carbons (Fsp3) is 0.500. The molecule has 1 aliphatic heterocycles. The van der Waals surface area contributed by atoms with Crippen molar-refractivity contribution in [2.24, 2.45) is 5.92 Å². The maximum absolute atomic E-state index is 13.0. The van der Waals surface area contributed by atoms with Gasteiger partial charge in [0.05, 0.1) is 37.1 Å². The van der Waals surface area contributed by atoms with Crippen LogP contribution in [-0.4, -0.2) is 53.7 Å². The molecule has 7 nitrogen and oxygen atoms in total. The zero-order valence-corrected chi connectivity index (χ0v) is 14.5. The second kappa shape index (κ2) is 6.93. The summed E-state index contributed by atoms with van der Waals surface area (Å²) in [6.45, 7) is 1.94. The van der Waals surface area contributed by atoms with Crippen LogP contribution in [0.1, 0.15) is 12.1 Å². The molecule has 0 saturated carbocycles. The molecule has 3 heterocycles. The van der Waals surface area contributed by atoms with Crippen molar-refractivity contribution in [3.8, 4) is 23.1 Å². The Morgan fingerprint density at radius 2 is 1.96 bits per heavy atom. The molecule has 0 spiro atoms. The zero-order chi connectivity index (χ0) is 18.9. The molecule has 0 aromatic carbocycles. The van der Waals surface area contributed by atoms with Gasteiger partial charge in [0.1, 0.15) is 5.69 Å². The molecule has 1 fully saturated rings. The van der Waals surface area contributed by atoms with E-state index in [9.17, 15) is 13.2 Å². The van der Waals surface area contributed by atoms with Gasteiger partial charge in [-0.25, -0.2) is 4.98 Å². The van der Waals surface area contributed by atoms with Gasteiger partial charge in [0, 0.05) is 19.3 Å². The summed E-state index contributed by atoms with van der Waals surface area (Å²) in [5.74, 6) is -1.09. The minimum Gasteiger partial charge on any atom is -0.480 e. The van der Waals surface area contributed by atoms with Crippen molar-refractivity contribution in [2.75, 3.05) is 32.2 Å². The standard InChI is InChI=1S/C16H18F3N5O2/c1-9-13(24-5-4-10(8-24)16(17,18)19)6-12(23-22-9)11-7-20-15(26-3)21-14(11)25-2/h6-7,10H,4-5,8H2,1-3H3. The lowest BCUT2D eigenvalue weighted by atomic mass is 10.1. The second-order valence-corrected chi connectivity index (χ2v) is 5.95. The highest BCUT2D eigenvalue weighted by atomic mass is 19.4. The van der Waals surface area contributed by atoms with Crippen molar-refractivity contribution in [2.45, 2.75) is 19.5 Å². The van der Waals surface area contributed by atoms with Crippen LogP contribution >= 0.6 is 0 Å². The lowest BCUT2D eigenvalue weighted by Gasteiger charge is -2.21. The quantitative estimate of drug-likeness (QED) is 0.820. The highest BCUT2D eigenvalue weighted by Gasteiger charge is 2.43. The molecule has 10 heteroatoms. The molecule has 1 aliphatic rings. The summed E-state index contributed by atoms with van der Waals surface area (Å²) in [7, 11) is 2.88. The fourth-order valence-electron chi connectivity index (χ4n) is 2.92. The number of halogens is 3. The van der Waals surface area contributed by atoms with Crippen molar-refractivity contribution in [3.05, 3.63) is 18.0 Å². The summed E-state index contributed by atoms with van der Waals surface area (Å²) >= 11 is 0. The van der Waals surface area contributed by atoms with E-state index >= 15 is 0 Å². The molecule has 2 aromatic heterocycles. The molecule has 1 atom stereocenters. The molecule has 0 aliphatic carbocycles. The smallest absolute Gasteiger partial charge is 0.393 e. The molecule has 2 aromatic rings. The number of nitrogens with zero attached hydrogens (tertiary/aromatic N) is 5. The first-order valence-corrected chi connectivity index (χ1v) is 7.95. The van der Waals surface area contributed by atoms with E-state index in [0.717, 1.165) is 0 Å². The number of aromatic nitrogens is 4. The number of hydrogen-bond donors (Lipinski definition) is 0. The Morgan fingerprint density at radius 1 is 1.19 bits per heavy atom. The molecular weight excluding hydrogens is 351 g/mol. The molecule has 140 valence electrons. The van der Waals surface area contributed by atoms with Crippen LogP contribution < -0.4 is 14.4 Å². The number of hydrogen-bond acceptors (Lipinski definition) is 7. The minimum atomic E-state index is -4.20. The average Bonchev–Trinajstić information content (AvgIpc) is 3.12. The predicted molar refractivity (Wildman–Crippen MR) is 87.3 cm³/mol. The summed E-state index contributed by atoms with van der Waals surface area (Å²) < 4.78 is 49.1. The number of methoxy groups -OCH3 is 2. The van der Waals surface area contributed by atoms with Gasteiger partial charge in [-0.2, -0.15) is 23.3 Å². The third-order valence-electron chi connectivity index (χ3n) is 4.33. The second-order valence-electron chi connectivity index (χ2n) is 5.95. The van der Waals surface area contributed by atoms with E-state index in [1.807, 2.05) is 0 Å². The van der Waals surface area contributed by atoms with Crippen LogP contribution in [0.25, 0.3) is 11.3 Å². The first-order chi connectivity index (χ1) is 12.3. The maximum Gasteiger partial charge on any atom is 0.393 e. The third kappa shape index (κ3) is 3.49. The van der Waals surface area contributed by atoms with Gasteiger partial charge < -0.3 is 14.4 Å².